The second-order valence-electron chi connectivity index (χ2n) is 9.04. The summed E-state index contributed by atoms with van der Waals surface area (Å²) in [6, 6.07) is 33.6. The van der Waals surface area contributed by atoms with Gasteiger partial charge in [0.1, 0.15) is 6.04 Å². The van der Waals surface area contributed by atoms with Gasteiger partial charge in [0.2, 0.25) is 0 Å². The van der Waals surface area contributed by atoms with Crippen molar-refractivity contribution in [2.75, 3.05) is 10.3 Å². The van der Waals surface area contributed by atoms with Gasteiger partial charge in [-0.1, -0.05) is 80.6 Å². The van der Waals surface area contributed by atoms with E-state index in [0.717, 1.165) is 11.4 Å². The molecule has 0 aliphatic heterocycles. The molecular weight excluding hydrogens is 476 g/mol. The highest BCUT2D eigenvalue weighted by Gasteiger charge is 2.28. The molecule has 3 amide bonds. The molecule has 0 aromatic heterocycles. The van der Waals surface area contributed by atoms with Crippen molar-refractivity contribution in [2.24, 2.45) is 5.92 Å². The number of benzene rings is 4. The van der Waals surface area contributed by atoms with Crippen LogP contribution >= 0.6 is 0 Å². The van der Waals surface area contributed by atoms with Crippen LogP contribution in [0.5, 0.6) is 0 Å². The average molecular weight is 507 g/mol. The first-order valence-electron chi connectivity index (χ1n) is 12.4. The largest absolute Gasteiger partial charge is 0.340 e. The second-order valence-corrected chi connectivity index (χ2v) is 9.04. The van der Waals surface area contributed by atoms with E-state index in [9.17, 15) is 14.4 Å². The van der Waals surface area contributed by atoms with E-state index in [0.29, 0.717) is 11.3 Å². The number of anilines is 3. The van der Waals surface area contributed by atoms with E-state index >= 15 is 0 Å². The second kappa shape index (κ2) is 12.4. The molecule has 1 atom stereocenters. The highest BCUT2D eigenvalue weighted by Crippen LogP contribution is 2.23. The molecule has 0 radical (unpaired) electrons. The van der Waals surface area contributed by atoms with Gasteiger partial charge in [-0.2, -0.15) is 0 Å². The minimum absolute atomic E-state index is 0.210. The number of hydrogen-bond donors (Lipinski definition) is 3. The summed E-state index contributed by atoms with van der Waals surface area (Å²) in [6.07, 6.45) is 0. The number of carbonyl (C=O) groups excluding carboxylic acids is 3. The van der Waals surface area contributed by atoms with E-state index < -0.39 is 11.9 Å². The molecule has 0 bridgehead atoms. The zero-order valence-electron chi connectivity index (χ0n) is 21.3. The molecule has 0 aliphatic carbocycles. The lowest BCUT2D eigenvalue weighted by molar-refractivity contribution is -0.123. The summed E-state index contributed by atoms with van der Waals surface area (Å²) < 4.78 is 0. The number of rotatable bonds is 9. The third kappa shape index (κ3) is 6.44. The van der Waals surface area contributed by atoms with Crippen molar-refractivity contribution in [3.8, 4) is 0 Å². The predicted molar refractivity (Wildman–Crippen MR) is 150 cm³/mol. The molecule has 7 heteroatoms. The van der Waals surface area contributed by atoms with Crippen LogP contribution in [0.15, 0.2) is 115 Å². The molecule has 0 aliphatic rings. The van der Waals surface area contributed by atoms with Gasteiger partial charge in [-0.15, -0.1) is 0 Å². The van der Waals surface area contributed by atoms with Crippen molar-refractivity contribution in [2.45, 2.75) is 19.9 Å². The van der Waals surface area contributed by atoms with E-state index in [1.54, 1.807) is 53.5 Å². The Morgan fingerprint density at radius 1 is 0.632 bits per heavy atom. The fourth-order valence-corrected chi connectivity index (χ4v) is 3.94. The number of amides is 3. The molecule has 0 saturated carbocycles. The molecule has 4 aromatic carbocycles. The van der Waals surface area contributed by atoms with E-state index in [1.165, 1.54) is 0 Å². The lowest BCUT2D eigenvalue weighted by Crippen LogP contribution is -2.53. The fraction of sp³-hybridized carbons (Fsp3) is 0.129. The summed E-state index contributed by atoms with van der Waals surface area (Å²) in [5.74, 6) is -1.37. The molecule has 0 unspecified atom stereocenters. The van der Waals surface area contributed by atoms with Gasteiger partial charge in [-0.25, -0.2) is 0 Å². The monoisotopic (exact) mass is 506 g/mol. The van der Waals surface area contributed by atoms with Gasteiger partial charge in [-0.05, 0) is 54.4 Å². The zero-order chi connectivity index (χ0) is 26.9. The first kappa shape index (κ1) is 26.2. The van der Waals surface area contributed by atoms with Gasteiger partial charge in [0.15, 0.2) is 0 Å². The minimum atomic E-state index is -0.838. The van der Waals surface area contributed by atoms with Crippen molar-refractivity contribution < 1.29 is 14.4 Å². The number of nitrogens with zero attached hydrogens (tertiary/aromatic N) is 1. The molecule has 3 N–H and O–H groups in total. The van der Waals surface area contributed by atoms with Gasteiger partial charge in [0, 0.05) is 5.56 Å². The minimum Gasteiger partial charge on any atom is -0.340 e. The molecule has 7 nitrogen and oxygen atoms in total. The van der Waals surface area contributed by atoms with E-state index in [-0.39, 0.29) is 23.3 Å². The maximum Gasteiger partial charge on any atom is 0.261 e. The quantitative estimate of drug-likeness (QED) is 0.259. The van der Waals surface area contributed by atoms with Crippen molar-refractivity contribution in [1.29, 1.82) is 0 Å². The summed E-state index contributed by atoms with van der Waals surface area (Å²) in [7, 11) is 0. The lowest BCUT2D eigenvalue weighted by atomic mass is 10.0. The fourth-order valence-electron chi connectivity index (χ4n) is 3.94. The van der Waals surface area contributed by atoms with Crippen LogP contribution in [-0.4, -0.2) is 23.8 Å². The first-order chi connectivity index (χ1) is 18.4. The van der Waals surface area contributed by atoms with Crippen molar-refractivity contribution >= 4 is 34.8 Å². The van der Waals surface area contributed by atoms with Crippen LogP contribution in [0.3, 0.4) is 0 Å². The Kier molecular flexibility index (Phi) is 8.51. The topological polar surface area (TPSA) is 90.5 Å². The maximum atomic E-state index is 13.5. The zero-order valence-corrected chi connectivity index (χ0v) is 21.3. The summed E-state index contributed by atoms with van der Waals surface area (Å²) >= 11 is 0. The number of nitrogens with one attached hydrogen (secondary N) is 3. The van der Waals surface area contributed by atoms with E-state index in [4.69, 9.17) is 0 Å². The molecule has 0 saturated heterocycles. The van der Waals surface area contributed by atoms with Crippen LogP contribution < -0.4 is 21.1 Å². The number of carbonyl (C=O) groups is 3. The standard InChI is InChI=1S/C31H30N4O3/c1-22(2)28(31(38)34-35(24-16-8-4-9-17-24)25-18-10-5-11-19-25)33-30(37)26-20-12-13-21-27(26)32-29(36)23-14-6-3-7-15-23/h3-22,28H,1-2H3,(H,32,36)(H,33,37)(H,34,38)/t28-/m0/s1. The van der Waals surface area contributed by atoms with Crippen LogP contribution in [0.4, 0.5) is 17.1 Å². The number of hydrazine groups is 1. The van der Waals surface area contributed by atoms with Crippen LogP contribution in [0.25, 0.3) is 0 Å². The van der Waals surface area contributed by atoms with Crippen LogP contribution in [-0.2, 0) is 4.79 Å². The molecule has 0 fully saturated rings. The molecule has 0 heterocycles. The normalized spacial score (nSPS) is 11.3. The van der Waals surface area contributed by atoms with Crippen molar-refractivity contribution in [3.05, 3.63) is 126 Å². The van der Waals surface area contributed by atoms with Gasteiger partial charge < -0.3 is 10.6 Å². The lowest BCUT2D eigenvalue weighted by Gasteiger charge is -2.29. The Morgan fingerprint density at radius 2 is 1.13 bits per heavy atom. The summed E-state index contributed by atoms with van der Waals surface area (Å²) in [5.41, 5.74) is 5.61. The summed E-state index contributed by atoms with van der Waals surface area (Å²) in [6.45, 7) is 3.73. The molecule has 4 aromatic rings. The molecule has 192 valence electrons. The number of para-hydroxylation sites is 3. The van der Waals surface area contributed by atoms with Gasteiger partial charge in [0.25, 0.3) is 17.7 Å². The maximum absolute atomic E-state index is 13.5. The Bertz CT molecular complexity index is 1340. The van der Waals surface area contributed by atoms with Gasteiger partial charge in [0.05, 0.1) is 22.6 Å². The van der Waals surface area contributed by atoms with Crippen molar-refractivity contribution in [3.63, 3.8) is 0 Å². The van der Waals surface area contributed by atoms with Crippen LogP contribution in [0.2, 0.25) is 0 Å². The van der Waals surface area contributed by atoms with Gasteiger partial charge >= 0.3 is 0 Å². The summed E-state index contributed by atoms with van der Waals surface area (Å²) in [4.78, 5) is 39.6. The Morgan fingerprint density at radius 3 is 1.68 bits per heavy atom. The number of hydrogen-bond acceptors (Lipinski definition) is 4. The SMILES string of the molecule is CC(C)[C@H](NC(=O)c1ccccc1NC(=O)c1ccccc1)C(=O)NN(c1ccccc1)c1ccccc1. The first-order valence-corrected chi connectivity index (χ1v) is 12.4. The smallest absolute Gasteiger partial charge is 0.261 e. The Hall–Kier alpha value is -4.91. The Balaban J connectivity index is 1.53. The van der Waals surface area contributed by atoms with Crippen molar-refractivity contribution in [1.82, 2.24) is 10.7 Å². The highest BCUT2D eigenvalue weighted by atomic mass is 16.2. The third-order valence-electron chi connectivity index (χ3n) is 5.94. The van der Waals surface area contributed by atoms with Gasteiger partial charge in [-0.3, -0.25) is 24.8 Å². The molecule has 38 heavy (non-hydrogen) atoms. The van der Waals surface area contributed by atoms with Crippen LogP contribution in [0.1, 0.15) is 34.6 Å². The third-order valence-corrected chi connectivity index (χ3v) is 5.94. The highest BCUT2D eigenvalue weighted by molar-refractivity contribution is 6.09. The molecule has 4 rings (SSSR count). The molecule has 0 spiro atoms. The Labute approximate surface area is 222 Å². The van der Waals surface area contributed by atoms with E-state index in [1.807, 2.05) is 80.6 Å². The predicted octanol–water partition coefficient (Wildman–Crippen LogP) is 5.56. The van der Waals surface area contributed by atoms with Crippen LogP contribution in [0, 0.1) is 5.92 Å². The molecular formula is C31H30N4O3. The summed E-state index contributed by atoms with van der Waals surface area (Å²) in [5, 5.41) is 7.36. The average Bonchev–Trinajstić information content (AvgIpc) is 2.96. The van der Waals surface area contributed by atoms with E-state index in [2.05, 4.69) is 16.1 Å².